The van der Waals surface area contributed by atoms with Crippen LogP contribution in [0.25, 0.3) is 11.0 Å². The van der Waals surface area contributed by atoms with Gasteiger partial charge in [-0.15, -0.1) is 0 Å². The van der Waals surface area contributed by atoms with E-state index >= 15 is 0 Å². The summed E-state index contributed by atoms with van der Waals surface area (Å²) >= 11 is 0. The molecule has 33 heavy (non-hydrogen) atoms. The Morgan fingerprint density at radius 2 is 1.82 bits per heavy atom. The first-order chi connectivity index (χ1) is 16.1. The monoisotopic (exact) mass is 448 g/mol. The molecule has 2 aliphatic rings. The summed E-state index contributed by atoms with van der Waals surface area (Å²) in [7, 11) is 3.36. The topological polar surface area (TPSA) is 68.5 Å². The lowest BCUT2D eigenvalue weighted by Crippen LogP contribution is -2.41. The van der Waals surface area contributed by atoms with Gasteiger partial charge >= 0.3 is 5.69 Å². The van der Waals surface area contributed by atoms with Gasteiger partial charge in [0.05, 0.1) is 18.1 Å². The Morgan fingerprint density at radius 3 is 2.55 bits per heavy atom. The quantitative estimate of drug-likeness (QED) is 0.651. The fourth-order valence-electron chi connectivity index (χ4n) is 5.78. The van der Waals surface area contributed by atoms with Crippen molar-refractivity contribution in [3.05, 3.63) is 64.1 Å². The number of likely N-dealkylation sites (N-methyl/N-ethyl adjacent to an activating group) is 1. The van der Waals surface area contributed by atoms with Crippen molar-refractivity contribution in [2.75, 3.05) is 27.2 Å². The number of imidazole rings is 1. The molecule has 1 amide bonds. The predicted molar refractivity (Wildman–Crippen MR) is 129 cm³/mol. The third kappa shape index (κ3) is 3.84. The Kier molecular flexibility index (Phi) is 5.98. The molecule has 1 saturated heterocycles. The standard InChI is InChI=1S/C26H32N4O3/c1-27-24(31)17-29-20-9-3-4-10-21(20)30(26(29)32)19-13-15-28(16-14-19)22-11-5-7-18-8-6-12-23(33-2)25(18)22/h3-4,6,8-10,12,19,22H,5,7,11,13-17H2,1-2H3,(H,27,31). The van der Waals surface area contributed by atoms with Crippen molar-refractivity contribution in [2.24, 2.45) is 0 Å². The number of aromatic nitrogens is 2. The van der Waals surface area contributed by atoms with Gasteiger partial charge in [0.1, 0.15) is 12.3 Å². The molecule has 0 radical (unpaired) electrons. The lowest BCUT2D eigenvalue weighted by atomic mass is 9.85. The third-order valence-electron chi connectivity index (χ3n) is 7.39. The number of carbonyl (C=O) groups is 1. The van der Waals surface area contributed by atoms with Gasteiger partial charge in [-0.25, -0.2) is 4.79 Å². The zero-order valence-electron chi connectivity index (χ0n) is 19.4. The number of hydrogen-bond donors (Lipinski definition) is 1. The molecule has 5 rings (SSSR count). The molecule has 2 aromatic carbocycles. The van der Waals surface area contributed by atoms with Crippen LogP contribution in [0, 0.1) is 0 Å². The van der Waals surface area contributed by atoms with Crippen molar-refractivity contribution in [2.45, 2.75) is 50.7 Å². The van der Waals surface area contributed by atoms with Crippen LogP contribution in [0.3, 0.4) is 0 Å². The zero-order chi connectivity index (χ0) is 22.9. The van der Waals surface area contributed by atoms with Crippen LogP contribution in [0.4, 0.5) is 0 Å². The molecule has 3 aromatic rings. The van der Waals surface area contributed by atoms with Crippen molar-refractivity contribution >= 4 is 16.9 Å². The van der Waals surface area contributed by atoms with E-state index in [2.05, 4.69) is 28.4 Å². The molecule has 7 heteroatoms. The second-order valence-corrected chi connectivity index (χ2v) is 9.11. The number of nitrogens with zero attached hydrogens (tertiary/aromatic N) is 3. The fraction of sp³-hybridized carbons (Fsp3) is 0.462. The maximum absolute atomic E-state index is 13.4. The van der Waals surface area contributed by atoms with Crippen LogP contribution in [0.5, 0.6) is 5.75 Å². The predicted octanol–water partition coefficient (Wildman–Crippen LogP) is 3.27. The molecule has 1 aromatic heterocycles. The second-order valence-electron chi connectivity index (χ2n) is 9.11. The van der Waals surface area contributed by atoms with Crippen LogP contribution < -0.4 is 15.7 Å². The zero-order valence-corrected chi connectivity index (χ0v) is 19.4. The molecule has 1 aliphatic carbocycles. The minimum atomic E-state index is -0.167. The van der Waals surface area contributed by atoms with Crippen molar-refractivity contribution < 1.29 is 9.53 Å². The van der Waals surface area contributed by atoms with Crippen molar-refractivity contribution in [1.82, 2.24) is 19.4 Å². The molecular weight excluding hydrogens is 416 g/mol. The summed E-state index contributed by atoms with van der Waals surface area (Å²) in [6.07, 6.45) is 5.27. The SMILES string of the molecule is CNC(=O)Cn1c(=O)n(C2CCN(C3CCCc4cccc(OC)c43)CC2)c2ccccc21. The van der Waals surface area contributed by atoms with Crippen molar-refractivity contribution in [3.8, 4) is 5.75 Å². The third-order valence-corrected chi connectivity index (χ3v) is 7.39. The number of para-hydroxylation sites is 2. The summed E-state index contributed by atoms with van der Waals surface area (Å²) in [5.74, 6) is 0.826. The number of ether oxygens (including phenoxy) is 1. The molecule has 1 unspecified atom stereocenters. The van der Waals surface area contributed by atoms with Gasteiger partial charge in [-0.1, -0.05) is 24.3 Å². The Hall–Kier alpha value is -3.06. The van der Waals surface area contributed by atoms with E-state index in [4.69, 9.17) is 4.74 Å². The smallest absolute Gasteiger partial charge is 0.329 e. The van der Waals surface area contributed by atoms with Gasteiger partial charge in [-0.3, -0.25) is 18.8 Å². The van der Waals surface area contributed by atoms with E-state index in [1.54, 1.807) is 18.7 Å². The first-order valence-corrected chi connectivity index (χ1v) is 11.9. The largest absolute Gasteiger partial charge is 0.496 e. The highest BCUT2D eigenvalue weighted by Crippen LogP contribution is 2.41. The first-order valence-electron chi connectivity index (χ1n) is 11.9. The minimum absolute atomic E-state index is 0.0420. The number of benzene rings is 2. The molecule has 0 saturated carbocycles. The number of carbonyl (C=O) groups excluding carboxylic acids is 1. The van der Waals surface area contributed by atoms with Gasteiger partial charge < -0.3 is 10.1 Å². The number of aryl methyl sites for hydroxylation is 1. The highest BCUT2D eigenvalue weighted by atomic mass is 16.5. The van der Waals surface area contributed by atoms with E-state index in [1.165, 1.54) is 17.5 Å². The fourth-order valence-corrected chi connectivity index (χ4v) is 5.78. The van der Waals surface area contributed by atoms with E-state index in [-0.39, 0.29) is 24.2 Å². The molecule has 1 atom stereocenters. The summed E-state index contributed by atoms with van der Waals surface area (Å²) in [4.78, 5) is 28.0. The number of hydrogen-bond acceptors (Lipinski definition) is 4. The number of methoxy groups -OCH3 is 1. The van der Waals surface area contributed by atoms with Gasteiger partial charge in [0.25, 0.3) is 0 Å². The van der Waals surface area contributed by atoms with Crippen molar-refractivity contribution in [1.29, 1.82) is 0 Å². The van der Waals surface area contributed by atoms with E-state index in [0.29, 0.717) is 6.04 Å². The van der Waals surface area contributed by atoms with E-state index in [0.717, 1.165) is 55.6 Å². The Morgan fingerprint density at radius 1 is 1.06 bits per heavy atom. The van der Waals surface area contributed by atoms with E-state index < -0.39 is 0 Å². The van der Waals surface area contributed by atoms with Crippen LogP contribution in [0.1, 0.15) is 48.9 Å². The van der Waals surface area contributed by atoms with Gasteiger partial charge in [0, 0.05) is 37.8 Å². The number of piperidine rings is 1. The van der Waals surface area contributed by atoms with Gasteiger partial charge in [0.15, 0.2) is 0 Å². The maximum atomic E-state index is 13.4. The molecular formula is C26H32N4O3. The minimum Gasteiger partial charge on any atom is -0.496 e. The highest BCUT2D eigenvalue weighted by Gasteiger charge is 2.33. The Balaban J connectivity index is 1.41. The molecule has 1 fully saturated rings. The van der Waals surface area contributed by atoms with Gasteiger partial charge in [0.2, 0.25) is 5.91 Å². The molecule has 174 valence electrons. The summed E-state index contributed by atoms with van der Waals surface area (Å²) in [5.41, 5.74) is 4.39. The number of nitrogens with one attached hydrogen (secondary N) is 1. The lowest BCUT2D eigenvalue weighted by Gasteiger charge is -2.41. The van der Waals surface area contributed by atoms with E-state index in [1.807, 2.05) is 28.8 Å². The average molecular weight is 449 g/mol. The first kappa shape index (κ1) is 21.8. The summed E-state index contributed by atoms with van der Waals surface area (Å²) in [5, 5.41) is 2.63. The molecule has 2 heterocycles. The van der Waals surface area contributed by atoms with Gasteiger partial charge in [-0.2, -0.15) is 0 Å². The lowest BCUT2D eigenvalue weighted by molar-refractivity contribution is -0.121. The maximum Gasteiger partial charge on any atom is 0.329 e. The molecule has 0 bridgehead atoms. The number of likely N-dealkylation sites (tertiary alicyclic amines) is 1. The number of rotatable bonds is 5. The molecule has 1 N–H and O–H groups in total. The Bertz CT molecular complexity index is 1210. The number of fused-ring (bicyclic) bond motifs is 2. The van der Waals surface area contributed by atoms with E-state index in [9.17, 15) is 9.59 Å². The molecule has 0 spiro atoms. The van der Waals surface area contributed by atoms with Crippen LogP contribution >= 0.6 is 0 Å². The Labute approximate surface area is 193 Å². The summed E-state index contributed by atoms with van der Waals surface area (Å²) in [6.45, 7) is 1.92. The van der Waals surface area contributed by atoms with Gasteiger partial charge in [-0.05, 0) is 55.9 Å². The highest BCUT2D eigenvalue weighted by molar-refractivity contribution is 5.80. The van der Waals surface area contributed by atoms with Crippen LogP contribution in [0.15, 0.2) is 47.3 Å². The summed E-state index contributed by atoms with van der Waals surface area (Å²) < 4.78 is 9.25. The van der Waals surface area contributed by atoms with Crippen LogP contribution in [0.2, 0.25) is 0 Å². The molecule has 1 aliphatic heterocycles. The summed E-state index contributed by atoms with van der Waals surface area (Å²) in [6, 6.07) is 14.7. The normalized spacial score (nSPS) is 19.4. The molecule has 7 nitrogen and oxygen atoms in total. The van der Waals surface area contributed by atoms with Crippen LogP contribution in [-0.4, -0.2) is 47.2 Å². The average Bonchev–Trinajstić information content (AvgIpc) is 3.14. The van der Waals surface area contributed by atoms with Crippen LogP contribution in [-0.2, 0) is 17.8 Å². The second kappa shape index (κ2) is 9.06. The number of amides is 1. The van der Waals surface area contributed by atoms with Crippen molar-refractivity contribution in [3.63, 3.8) is 0 Å².